The van der Waals surface area contributed by atoms with Crippen molar-refractivity contribution in [2.45, 2.75) is 31.3 Å². The minimum atomic E-state index is -3.59. The Balaban J connectivity index is 1.50. The number of aliphatic imine (C=N–C) groups is 1. The maximum atomic E-state index is 12.0. The molecule has 28 heavy (non-hydrogen) atoms. The number of benzene rings is 2. The SMILES string of the molecule is CC(C)Oc1ccc(CCNC(=O)CN=C2NS(=O)(=O)c3ccccc32)cc1. The van der Waals surface area contributed by atoms with E-state index in [0.29, 0.717) is 18.5 Å². The fourth-order valence-corrected chi connectivity index (χ4v) is 4.06. The molecule has 0 radical (unpaired) electrons. The van der Waals surface area contributed by atoms with Crippen LogP contribution in [0.1, 0.15) is 25.0 Å². The number of fused-ring (bicyclic) bond motifs is 1. The molecular weight excluding hydrogens is 378 g/mol. The molecule has 0 aromatic heterocycles. The summed E-state index contributed by atoms with van der Waals surface area (Å²) in [5, 5.41) is 2.79. The number of carbonyl (C=O) groups is 1. The number of hydrogen-bond acceptors (Lipinski definition) is 5. The van der Waals surface area contributed by atoms with E-state index in [-0.39, 0.29) is 29.3 Å². The highest BCUT2D eigenvalue weighted by Crippen LogP contribution is 2.22. The molecule has 148 valence electrons. The number of ether oxygens (including phenoxy) is 1. The van der Waals surface area contributed by atoms with Crippen molar-refractivity contribution < 1.29 is 17.9 Å². The Hall–Kier alpha value is -2.87. The van der Waals surface area contributed by atoms with Gasteiger partial charge in [-0.05, 0) is 50.1 Å². The number of rotatable bonds is 7. The van der Waals surface area contributed by atoms with Crippen molar-refractivity contribution in [3.05, 3.63) is 59.7 Å². The zero-order chi connectivity index (χ0) is 20.1. The van der Waals surface area contributed by atoms with Crippen LogP contribution in [0.5, 0.6) is 5.75 Å². The van der Waals surface area contributed by atoms with E-state index in [9.17, 15) is 13.2 Å². The first kappa shape index (κ1) is 19.9. The van der Waals surface area contributed by atoms with Crippen LogP contribution in [0, 0.1) is 0 Å². The number of amides is 1. The van der Waals surface area contributed by atoms with E-state index < -0.39 is 10.0 Å². The summed E-state index contributed by atoms with van der Waals surface area (Å²) in [6, 6.07) is 14.3. The third-order valence-electron chi connectivity index (χ3n) is 4.07. The first-order valence-corrected chi connectivity index (χ1v) is 10.5. The Morgan fingerprint density at radius 1 is 1.14 bits per heavy atom. The lowest BCUT2D eigenvalue weighted by molar-refractivity contribution is -0.119. The summed E-state index contributed by atoms with van der Waals surface area (Å²) in [5.41, 5.74) is 1.57. The zero-order valence-corrected chi connectivity index (χ0v) is 16.6. The second-order valence-electron chi connectivity index (χ2n) is 6.68. The maximum Gasteiger partial charge on any atom is 0.263 e. The third kappa shape index (κ3) is 4.89. The van der Waals surface area contributed by atoms with Gasteiger partial charge in [-0.25, -0.2) is 8.42 Å². The highest BCUT2D eigenvalue weighted by molar-refractivity contribution is 7.90. The lowest BCUT2D eigenvalue weighted by Gasteiger charge is -2.10. The third-order valence-corrected chi connectivity index (χ3v) is 5.47. The Labute approximate surface area is 164 Å². The highest BCUT2D eigenvalue weighted by atomic mass is 32.2. The molecule has 1 aliphatic heterocycles. The van der Waals surface area contributed by atoms with E-state index >= 15 is 0 Å². The largest absolute Gasteiger partial charge is 0.491 e. The molecule has 1 aliphatic rings. The number of nitrogens with zero attached hydrogens (tertiary/aromatic N) is 1. The quantitative estimate of drug-likeness (QED) is 0.740. The number of carbonyl (C=O) groups excluding carboxylic acids is 1. The summed E-state index contributed by atoms with van der Waals surface area (Å²) in [6.07, 6.45) is 0.808. The van der Waals surface area contributed by atoms with Crippen molar-refractivity contribution in [3.8, 4) is 5.75 Å². The highest BCUT2D eigenvalue weighted by Gasteiger charge is 2.30. The molecule has 1 heterocycles. The van der Waals surface area contributed by atoms with E-state index in [1.807, 2.05) is 38.1 Å². The van der Waals surface area contributed by atoms with Gasteiger partial charge in [0.2, 0.25) is 5.91 Å². The van der Waals surface area contributed by atoms with Crippen LogP contribution >= 0.6 is 0 Å². The minimum Gasteiger partial charge on any atom is -0.491 e. The van der Waals surface area contributed by atoms with E-state index in [0.717, 1.165) is 11.3 Å². The van der Waals surface area contributed by atoms with Crippen molar-refractivity contribution in [3.63, 3.8) is 0 Å². The molecule has 0 fully saturated rings. The summed E-state index contributed by atoms with van der Waals surface area (Å²) in [4.78, 5) is 16.3. The van der Waals surface area contributed by atoms with Crippen LogP contribution in [0.2, 0.25) is 0 Å². The summed E-state index contributed by atoms with van der Waals surface area (Å²) in [5.74, 6) is 0.750. The molecule has 0 aliphatic carbocycles. The van der Waals surface area contributed by atoms with Gasteiger partial charge in [0.15, 0.2) is 0 Å². The molecule has 0 unspecified atom stereocenters. The molecule has 2 aromatic carbocycles. The number of hydrogen-bond donors (Lipinski definition) is 2. The zero-order valence-electron chi connectivity index (χ0n) is 15.8. The number of amidine groups is 1. The first-order valence-electron chi connectivity index (χ1n) is 9.04. The van der Waals surface area contributed by atoms with Crippen molar-refractivity contribution in [2.24, 2.45) is 4.99 Å². The van der Waals surface area contributed by atoms with Crippen LogP contribution in [-0.4, -0.2) is 39.4 Å². The van der Waals surface area contributed by atoms with Crippen LogP contribution in [0.4, 0.5) is 0 Å². The summed E-state index contributed by atoms with van der Waals surface area (Å²) >= 11 is 0. The predicted molar refractivity (Wildman–Crippen MR) is 107 cm³/mol. The Morgan fingerprint density at radius 3 is 2.57 bits per heavy atom. The van der Waals surface area contributed by atoms with Crippen molar-refractivity contribution >= 4 is 21.8 Å². The van der Waals surface area contributed by atoms with Gasteiger partial charge in [0.1, 0.15) is 18.1 Å². The number of sulfonamides is 1. The molecule has 0 saturated carbocycles. The minimum absolute atomic E-state index is 0.128. The monoisotopic (exact) mass is 401 g/mol. The van der Waals surface area contributed by atoms with Gasteiger partial charge >= 0.3 is 0 Å². The Kier molecular flexibility index (Phi) is 5.99. The van der Waals surface area contributed by atoms with Crippen molar-refractivity contribution in [2.75, 3.05) is 13.1 Å². The van der Waals surface area contributed by atoms with Crippen molar-refractivity contribution in [1.29, 1.82) is 0 Å². The molecule has 0 saturated heterocycles. The van der Waals surface area contributed by atoms with Gasteiger partial charge in [0, 0.05) is 12.1 Å². The van der Waals surface area contributed by atoms with Gasteiger partial charge < -0.3 is 10.1 Å². The summed E-state index contributed by atoms with van der Waals surface area (Å²) in [6.45, 7) is 4.27. The molecule has 2 aromatic rings. The van der Waals surface area contributed by atoms with Crippen LogP contribution in [0.25, 0.3) is 0 Å². The van der Waals surface area contributed by atoms with Gasteiger partial charge in [0.25, 0.3) is 10.0 Å². The fourth-order valence-electron chi connectivity index (χ4n) is 2.81. The van der Waals surface area contributed by atoms with Gasteiger partial charge in [-0.15, -0.1) is 0 Å². The fraction of sp³-hybridized carbons (Fsp3) is 0.300. The average Bonchev–Trinajstić information content (AvgIpc) is 2.92. The van der Waals surface area contributed by atoms with Crippen LogP contribution in [0.3, 0.4) is 0 Å². The second-order valence-corrected chi connectivity index (χ2v) is 8.33. The van der Waals surface area contributed by atoms with E-state index in [1.165, 1.54) is 6.07 Å². The van der Waals surface area contributed by atoms with E-state index in [1.54, 1.807) is 18.2 Å². The molecule has 3 rings (SSSR count). The Morgan fingerprint density at radius 2 is 1.86 bits per heavy atom. The van der Waals surface area contributed by atoms with Crippen LogP contribution in [-0.2, 0) is 21.2 Å². The molecule has 2 N–H and O–H groups in total. The molecule has 8 heteroatoms. The van der Waals surface area contributed by atoms with Crippen LogP contribution in [0.15, 0.2) is 58.4 Å². The Bertz CT molecular complexity index is 983. The van der Waals surface area contributed by atoms with Gasteiger partial charge in [0.05, 0.1) is 11.0 Å². The maximum absolute atomic E-state index is 12.0. The second kappa shape index (κ2) is 8.43. The summed E-state index contributed by atoms with van der Waals surface area (Å²) < 4.78 is 32.0. The standard InChI is InChI=1S/C20H23N3O4S/c1-14(2)27-16-9-7-15(8-10-16)11-12-21-19(24)13-22-20-17-5-3-4-6-18(17)28(25,26)23-20/h3-10,14H,11-13H2,1-2H3,(H,21,24)(H,22,23). The van der Waals surface area contributed by atoms with Crippen molar-refractivity contribution in [1.82, 2.24) is 10.0 Å². The topological polar surface area (TPSA) is 96.9 Å². The smallest absolute Gasteiger partial charge is 0.263 e. The summed E-state index contributed by atoms with van der Waals surface area (Å²) in [7, 11) is -3.59. The molecule has 0 spiro atoms. The molecular formula is C20H23N3O4S. The predicted octanol–water partition coefficient (Wildman–Crippen LogP) is 1.87. The van der Waals surface area contributed by atoms with Gasteiger partial charge in [-0.3, -0.25) is 14.5 Å². The molecule has 0 bridgehead atoms. The van der Waals surface area contributed by atoms with E-state index in [2.05, 4.69) is 15.0 Å². The molecule has 0 atom stereocenters. The van der Waals surface area contributed by atoms with E-state index in [4.69, 9.17) is 4.74 Å². The van der Waals surface area contributed by atoms with Gasteiger partial charge in [-0.2, -0.15) is 0 Å². The normalized spacial score (nSPS) is 15.9. The number of nitrogens with one attached hydrogen (secondary N) is 2. The lowest BCUT2D eigenvalue weighted by Crippen LogP contribution is -2.29. The van der Waals surface area contributed by atoms with Gasteiger partial charge in [-0.1, -0.05) is 24.3 Å². The molecule has 1 amide bonds. The average molecular weight is 401 g/mol. The first-order chi connectivity index (χ1) is 13.3. The molecule has 7 nitrogen and oxygen atoms in total. The van der Waals surface area contributed by atoms with Crippen LogP contribution < -0.4 is 14.8 Å². The lowest BCUT2D eigenvalue weighted by atomic mass is 10.1.